The lowest BCUT2D eigenvalue weighted by Gasteiger charge is -2.13. The molecule has 0 radical (unpaired) electrons. The van der Waals surface area contributed by atoms with Gasteiger partial charge in [0.25, 0.3) is 20.0 Å². The zero-order valence-corrected chi connectivity index (χ0v) is 28.7. The molecule has 54 heavy (non-hydrogen) atoms. The van der Waals surface area contributed by atoms with Crippen LogP contribution in [0.1, 0.15) is 20.7 Å². The van der Waals surface area contributed by atoms with Gasteiger partial charge in [-0.05, 0) is 95.7 Å². The zero-order chi connectivity index (χ0) is 39.1. The van der Waals surface area contributed by atoms with E-state index in [1.165, 1.54) is 48.5 Å². The quantitative estimate of drug-likeness (QED) is 0.0775. The number of hydrogen-bond donors (Lipinski definition) is 10. The second-order valence-corrected chi connectivity index (χ2v) is 15.0. The Kier molecular flexibility index (Phi) is 9.28. The number of benzene rings is 6. The Balaban J connectivity index is 1.21. The summed E-state index contributed by atoms with van der Waals surface area (Å²) in [6.45, 7) is 0. The van der Waals surface area contributed by atoms with Crippen LogP contribution >= 0.6 is 0 Å². The van der Waals surface area contributed by atoms with Crippen LogP contribution in [-0.2, 0) is 20.0 Å². The summed E-state index contributed by atoms with van der Waals surface area (Å²) in [5, 5.41) is 65.1. The van der Waals surface area contributed by atoms with E-state index < -0.39 is 81.9 Å². The first kappa shape index (κ1) is 36.5. The number of amides is 2. The Hall–Kier alpha value is -7.25. The third-order valence-corrected chi connectivity index (χ3v) is 10.6. The Morgan fingerprint density at radius 1 is 0.444 bits per heavy atom. The van der Waals surface area contributed by atoms with E-state index in [1.807, 2.05) is 0 Å². The SMILES string of the molecule is O=C(Nc1ccc2c(O)cc(S(=O)(=O)Nc3ccc(O)c(C(=O)O)c3)cc2c1)Nc1ccc2c(O)cc(S(=O)(=O)Nc3ccc(O)c(C(=O)O)c3)cc2c1. The molecule has 2 amide bonds. The van der Waals surface area contributed by atoms with Gasteiger partial charge in [0.1, 0.15) is 34.1 Å². The second kappa shape index (κ2) is 13.7. The van der Waals surface area contributed by atoms with Gasteiger partial charge in [-0.3, -0.25) is 9.44 Å². The third kappa shape index (κ3) is 7.52. The number of carboxylic acid groups (broad SMARTS) is 2. The van der Waals surface area contributed by atoms with E-state index in [9.17, 15) is 61.9 Å². The number of carboxylic acids is 2. The van der Waals surface area contributed by atoms with Crippen molar-refractivity contribution in [2.75, 3.05) is 20.1 Å². The Morgan fingerprint density at radius 3 is 1.19 bits per heavy atom. The van der Waals surface area contributed by atoms with Gasteiger partial charge in [-0.1, -0.05) is 0 Å². The van der Waals surface area contributed by atoms with Crippen molar-refractivity contribution < 1.29 is 61.9 Å². The number of carbonyl (C=O) groups is 3. The van der Waals surface area contributed by atoms with Gasteiger partial charge in [0.2, 0.25) is 0 Å². The van der Waals surface area contributed by atoms with Crippen LogP contribution in [-0.4, -0.2) is 65.4 Å². The minimum atomic E-state index is -4.39. The molecule has 0 heterocycles. The Bertz CT molecular complexity index is 2600. The van der Waals surface area contributed by atoms with Gasteiger partial charge in [0.05, 0.1) is 9.79 Å². The molecule has 10 N–H and O–H groups in total. The van der Waals surface area contributed by atoms with E-state index in [4.69, 9.17) is 0 Å². The molecule has 0 aliphatic heterocycles. The molecule has 17 nitrogen and oxygen atoms in total. The van der Waals surface area contributed by atoms with E-state index in [-0.39, 0.29) is 44.3 Å². The number of rotatable bonds is 10. The number of aromatic carboxylic acids is 2. The normalized spacial score (nSPS) is 11.6. The van der Waals surface area contributed by atoms with E-state index in [0.29, 0.717) is 0 Å². The van der Waals surface area contributed by atoms with Gasteiger partial charge >= 0.3 is 18.0 Å². The Labute approximate surface area is 304 Å². The summed E-state index contributed by atoms with van der Waals surface area (Å²) in [6.07, 6.45) is 0. The maximum Gasteiger partial charge on any atom is 0.339 e. The molecule has 0 bridgehead atoms. The lowest BCUT2D eigenvalue weighted by Crippen LogP contribution is -2.19. The number of carbonyl (C=O) groups excluding carboxylic acids is 1. The number of sulfonamides is 2. The molecule has 0 saturated heterocycles. The summed E-state index contributed by atoms with van der Waals surface area (Å²) in [6, 6.07) is 18.3. The van der Waals surface area contributed by atoms with Crippen LogP contribution in [0.2, 0.25) is 0 Å². The highest BCUT2D eigenvalue weighted by atomic mass is 32.2. The van der Waals surface area contributed by atoms with E-state index in [0.717, 1.165) is 48.5 Å². The highest BCUT2D eigenvalue weighted by Crippen LogP contribution is 2.34. The van der Waals surface area contributed by atoms with Gasteiger partial charge in [-0.2, -0.15) is 0 Å². The Morgan fingerprint density at radius 2 is 0.815 bits per heavy atom. The summed E-state index contributed by atoms with van der Waals surface area (Å²) < 4.78 is 57.0. The third-order valence-electron chi connectivity index (χ3n) is 7.90. The summed E-state index contributed by atoms with van der Waals surface area (Å²) in [5.74, 6) is -4.94. The average molecular weight is 775 g/mol. The molecular weight excluding hydrogens is 749 g/mol. The zero-order valence-electron chi connectivity index (χ0n) is 27.1. The predicted octanol–water partition coefficient (Wildman–Crippen LogP) is 5.46. The van der Waals surface area contributed by atoms with E-state index in [1.54, 1.807) is 0 Å². The molecule has 0 atom stereocenters. The topological polar surface area (TPSA) is 289 Å². The molecule has 6 aromatic rings. The van der Waals surface area contributed by atoms with Gasteiger partial charge < -0.3 is 41.3 Å². The molecule has 6 aromatic carbocycles. The van der Waals surface area contributed by atoms with Crippen LogP contribution in [0, 0.1) is 0 Å². The minimum absolute atomic E-state index is 0.166. The van der Waals surface area contributed by atoms with Gasteiger partial charge in [-0.25, -0.2) is 31.2 Å². The number of phenols is 4. The van der Waals surface area contributed by atoms with Crippen molar-refractivity contribution in [3.63, 3.8) is 0 Å². The van der Waals surface area contributed by atoms with Crippen LogP contribution in [0.5, 0.6) is 23.0 Å². The highest BCUT2D eigenvalue weighted by Gasteiger charge is 2.21. The summed E-state index contributed by atoms with van der Waals surface area (Å²) >= 11 is 0. The largest absolute Gasteiger partial charge is 0.507 e. The molecule has 0 saturated carbocycles. The number of hydrogen-bond acceptors (Lipinski definition) is 11. The van der Waals surface area contributed by atoms with E-state index >= 15 is 0 Å². The summed E-state index contributed by atoms with van der Waals surface area (Å²) in [4.78, 5) is 34.9. The predicted molar refractivity (Wildman–Crippen MR) is 196 cm³/mol. The fraction of sp³-hybridized carbons (Fsp3) is 0. The van der Waals surface area contributed by atoms with Crippen LogP contribution in [0.25, 0.3) is 21.5 Å². The number of phenolic OH excluding ortho intramolecular Hbond substituents is 2. The fourth-order valence-electron chi connectivity index (χ4n) is 5.37. The monoisotopic (exact) mass is 774 g/mol. The lowest BCUT2D eigenvalue weighted by atomic mass is 10.1. The van der Waals surface area contributed by atoms with Crippen LogP contribution in [0.3, 0.4) is 0 Å². The molecular formula is C35H26N4O13S2. The van der Waals surface area contributed by atoms with Gasteiger partial charge in [-0.15, -0.1) is 0 Å². The lowest BCUT2D eigenvalue weighted by molar-refractivity contribution is 0.0682. The number of fused-ring (bicyclic) bond motifs is 2. The molecule has 19 heteroatoms. The second-order valence-electron chi connectivity index (χ2n) is 11.6. The maximum absolute atomic E-state index is 13.2. The van der Waals surface area contributed by atoms with Crippen molar-refractivity contribution >= 4 is 82.3 Å². The molecule has 0 spiro atoms. The molecule has 0 aliphatic rings. The number of aromatic hydroxyl groups is 4. The first-order chi connectivity index (χ1) is 25.4. The van der Waals surface area contributed by atoms with Crippen molar-refractivity contribution in [2.45, 2.75) is 9.79 Å². The average Bonchev–Trinajstić information content (AvgIpc) is 3.09. The molecule has 0 unspecified atom stereocenters. The molecule has 0 aromatic heterocycles. The van der Waals surface area contributed by atoms with Crippen molar-refractivity contribution in [3.05, 3.63) is 108 Å². The molecule has 6 rings (SSSR count). The van der Waals surface area contributed by atoms with Crippen molar-refractivity contribution in [1.29, 1.82) is 0 Å². The van der Waals surface area contributed by atoms with E-state index in [2.05, 4.69) is 20.1 Å². The van der Waals surface area contributed by atoms with Crippen LogP contribution < -0.4 is 20.1 Å². The standard InChI is InChI=1S/C35H26N4O13S2/c40-29-7-3-21(13-27(29)33(44)45)38-53(49,50)23-11-17-9-19(1-5-25(17)31(42)15-23)36-35(48)37-20-2-6-26-18(10-20)12-24(16-32(26)43)54(51,52)39-22-4-8-30(41)28(14-22)34(46)47/h1-16,38-43H,(H,44,45)(H,46,47)(H2,36,37,48). The minimum Gasteiger partial charge on any atom is -0.507 e. The molecule has 276 valence electrons. The molecule has 0 fully saturated rings. The summed E-state index contributed by atoms with van der Waals surface area (Å²) in [5.41, 5.74) is -1.07. The first-order valence-electron chi connectivity index (χ1n) is 15.2. The summed E-state index contributed by atoms with van der Waals surface area (Å²) in [7, 11) is -8.78. The number of anilines is 4. The number of urea groups is 1. The van der Waals surface area contributed by atoms with Gasteiger partial charge in [0, 0.05) is 45.7 Å². The van der Waals surface area contributed by atoms with Gasteiger partial charge in [0.15, 0.2) is 0 Å². The van der Waals surface area contributed by atoms with Crippen molar-refractivity contribution in [1.82, 2.24) is 0 Å². The van der Waals surface area contributed by atoms with Crippen molar-refractivity contribution in [3.8, 4) is 23.0 Å². The van der Waals surface area contributed by atoms with Crippen LogP contribution in [0.4, 0.5) is 27.5 Å². The fourth-order valence-corrected chi connectivity index (χ4v) is 7.58. The first-order valence-corrected chi connectivity index (χ1v) is 18.2. The number of nitrogens with one attached hydrogen (secondary N) is 4. The van der Waals surface area contributed by atoms with Crippen molar-refractivity contribution in [2.24, 2.45) is 0 Å². The van der Waals surface area contributed by atoms with Crippen LogP contribution in [0.15, 0.2) is 107 Å². The molecule has 0 aliphatic carbocycles. The smallest absolute Gasteiger partial charge is 0.339 e. The highest BCUT2D eigenvalue weighted by molar-refractivity contribution is 7.93. The maximum atomic E-state index is 13.2.